The highest BCUT2D eigenvalue weighted by Crippen LogP contribution is 2.23. The van der Waals surface area contributed by atoms with Gasteiger partial charge in [0.2, 0.25) is 17.6 Å². The number of methoxy groups -OCH3 is 1. The number of carbonyl (C=O) groups excluding carboxylic acids is 7. The summed E-state index contributed by atoms with van der Waals surface area (Å²) in [5, 5.41) is 16.3. The summed E-state index contributed by atoms with van der Waals surface area (Å²) < 4.78 is 4.96. The molecular weight excluding hydrogens is 728 g/mol. The Morgan fingerprint density at radius 2 is 1.35 bits per heavy atom. The molecule has 0 heterocycles. The van der Waals surface area contributed by atoms with Crippen molar-refractivity contribution in [3.8, 4) is 11.1 Å². The minimum atomic E-state index is -1.40. The number of hydrogen-bond acceptors (Lipinski definition) is 11. The number of halogens is 1. The third-order valence-corrected chi connectivity index (χ3v) is 9.69. The van der Waals surface area contributed by atoms with E-state index in [2.05, 4.69) is 10.6 Å². The molecule has 0 fully saturated rings. The van der Waals surface area contributed by atoms with Crippen molar-refractivity contribution in [1.29, 1.82) is 0 Å². The Hall–Kier alpha value is -4.14. The standard InChI is InChI=1S/C41H57ClN4O9/c1-25(39(52)34(48)10-6-8-20-55-4)21-36(50)33(9-5-7-19-43)45-40(53)26(2)22-37(51)38(27(3)47)46-41(54)31(24-44)23-35(49)30-13-11-28(12-14-30)29-15-17-32(42)18-16-29/h11-18,25-27,31,33,38,47H,5-10,19-24,43-44H2,1-4H3,(H,45,53)(H,46,54)/t25-,26-,27-,31+,33+,38+/m1/s1. The molecule has 2 aromatic carbocycles. The van der Waals surface area contributed by atoms with Gasteiger partial charge in [-0.1, -0.05) is 61.8 Å². The number of ether oxygens (including phenoxy) is 1. The second-order valence-corrected chi connectivity index (χ2v) is 14.5. The van der Waals surface area contributed by atoms with Crippen LogP contribution in [0.4, 0.5) is 0 Å². The minimum absolute atomic E-state index is 0.0582. The molecule has 0 saturated heterocycles. The molecular formula is C41H57ClN4O9. The van der Waals surface area contributed by atoms with E-state index in [1.165, 1.54) is 20.8 Å². The molecule has 7 N–H and O–H groups in total. The molecule has 13 nitrogen and oxygen atoms in total. The highest BCUT2D eigenvalue weighted by molar-refractivity contribution is 6.38. The average Bonchev–Trinajstić information content (AvgIpc) is 3.16. The van der Waals surface area contributed by atoms with Crippen LogP contribution in [0.1, 0.15) is 88.9 Å². The van der Waals surface area contributed by atoms with Gasteiger partial charge in [-0.2, -0.15) is 0 Å². The Balaban J connectivity index is 2.02. The number of ketones is 5. The molecule has 0 radical (unpaired) electrons. The first kappa shape index (κ1) is 47.0. The molecule has 0 saturated carbocycles. The van der Waals surface area contributed by atoms with Gasteiger partial charge in [-0.05, 0) is 68.8 Å². The van der Waals surface area contributed by atoms with Crippen molar-refractivity contribution in [3.63, 3.8) is 0 Å². The van der Waals surface area contributed by atoms with E-state index < -0.39 is 70.9 Å². The summed E-state index contributed by atoms with van der Waals surface area (Å²) in [4.78, 5) is 91.4. The third kappa shape index (κ3) is 15.9. The highest BCUT2D eigenvalue weighted by Gasteiger charge is 2.33. The van der Waals surface area contributed by atoms with Gasteiger partial charge in [0.1, 0.15) is 6.04 Å². The molecule has 14 heteroatoms. The van der Waals surface area contributed by atoms with E-state index in [4.69, 9.17) is 27.8 Å². The number of aliphatic hydroxyl groups is 1. The van der Waals surface area contributed by atoms with Crippen LogP contribution in [0.2, 0.25) is 5.02 Å². The summed E-state index contributed by atoms with van der Waals surface area (Å²) in [5.41, 5.74) is 13.6. The Morgan fingerprint density at radius 3 is 1.91 bits per heavy atom. The van der Waals surface area contributed by atoms with Crippen LogP contribution in [-0.4, -0.2) is 90.8 Å². The fourth-order valence-electron chi connectivity index (χ4n) is 5.97. The van der Waals surface area contributed by atoms with Crippen LogP contribution in [0.25, 0.3) is 11.1 Å². The van der Waals surface area contributed by atoms with Crippen LogP contribution in [-0.2, 0) is 33.5 Å². The second kappa shape index (κ2) is 24.4. The molecule has 0 spiro atoms. The molecule has 6 atom stereocenters. The fraction of sp³-hybridized carbons (Fsp3) is 0.537. The van der Waals surface area contributed by atoms with Gasteiger partial charge in [0.05, 0.1) is 18.1 Å². The Bertz CT molecular complexity index is 1600. The molecule has 0 aliphatic carbocycles. The summed E-state index contributed by atoms with van der Waals surface area (Å²) in [6, 6.07) is 11.7. The lowest BCUT2D eigenvalue weighted by molar-refractivity contribution is -0.140. The molecule has 302 valence electrons. The van der Waals surface area contributed by atoms with Gasteiger partial charge < -0.3 is 31.9 Å². The SMILES string of the molecule is COCCCCC(=O)C(=O)[C@H](C)CC(=O)[C@H](CCCCN)NC(=O)[C@H](C)CC(=O)[C@@H](NC(=O)[C@H](CN)CC(=O)c1ccc(-c2ccc(Cl)cc2)cc1)[C@@H](C)O. The first-order valence-electron chi connectivity index (χ1n) is 18.8. The smallest absolute Gasteiger partial charge is 0.225 e. The van der Waals surface area contributed by atoms with Crippen molar-refractivity contribution in [2.75, 3.05) is 26.8 Å². The lowest BCUT2D eigenvalue weighted by atomic mass is 9.90. The molecule has 0 unspecified atom stereocenters. The number of benzene rings is 2. The number of aliphatic hydroxyl groups excluding tert-OH is 1. The summed E-state index contributed by atoms with van der Waals surface area (Å²) >= 11 is 5.97. The number of nitrogens with two attached hydrogens (primary N) is 2. The molecule has 0 aromatic heterocycles. The molecule has 0 aliphatic heterocycles. The van der Waals surface area contributed by atoms with E-state index in [0.29, 0.717) is 49.4 Å². The van der Waals surface area contributed by atoms with Gasteiger partial charge >= 0.3 is 0 Å². The zero-order valence-electron chi connectivity index (χ0n) is 32.3. The lowest BCUT2D eigenvalue weighted by Gasteiger charge is -2.25. The Kier molecular flexibility index (Phi) is 20.8. The largest absolute Gasteiger partial charge is 0.391 e. The van der Waals surface area contributed by atoms with Crippen LogP contribution in [0.15, 0.2) is 48.5 Å². The number of nitrogens with one attached hydrogen (secondary N) is 2. The maximum Gasteiger partial charge on any atom is 0.225 e. The summed E-state index contributed by atoms with van der Waals surface area (Å²) in [5.74, 6) is -6.76. The van der Waals surface area contributed by atoms with Crippen LogP contribution >= 0.6 is 11.6 Å². The number of unbranched alkanes of at least 4 members (excludes halogenated alkanes) is 2. The Labute approximate surface area is 328 Å². The van der Waals surface area contributed by atoms with E-state index in [9.17, 15) is 38.7 Å². The third-order valence-electron chi connectivity index (χ3n) is 9.44. The molecule has 0 aliphatic rings. The van der Waals surface area contributed by atoms with Gasteiger partial charge in [0.25, 0.3) is 0 Å². The normalized spacial score (nSPS) is 14.5. The van der Waals surface area contributed by atoms with Crippen LogP contribution in [0.5, 0.6) is 0 Å². The average molecular weight is 785 g/mol. The van der Waals surface area contributed by atoms with Crippen LogP contribution in [0.3, 0.4) is 0 Å². The quantitative estimate of drug-likeness (QED) is 0.0498. The zero-order valence-corrected chi connectivity index (χ0v) is 33.1. The van der Waals surface area contributed by atoms with Crippen LogP contribution in [0, 0.1) is 17.8 Å². The number of rotatable bonds is 27. The van der Waals surface area contributed by atoms with Gasteiger partial charge in [0.15, 0.2) is 23.1 Å². The van der Waals surface area contributed by atoms with Crippen molar-refractivity contribution in [1.82, 2.24) is 10.6 Å². The fourth-order valence-corrected chi connectivity index (χ4v) is 6.09. The van der Waals surface area contributed by atoms with Gasteiger partial charge in [-0.25, -0.2) is 0 Å². The minimum Gasteiger partial charge on any atom is -0.391 e. The van der Waals surface area contributed by atoms with Gasteiger partial charge in [-0.3, -0.25) is 33.6 Å². The number of amides is 2. The highest BCUT2D eigenvalue weighted by atomic mass is 35.5. The predicted octanol–water partition coefficient (Wildman–Crippen LogP) is 3.78. The van der Waals surface area contributed by atoms with E-state index in [1.54, 1.807) is 43.5 Å². The first-order chi connectivity index (χ1) is 26.1. The molecule has 2 aromatic rings. The summed E-state index contributed by atoms with van der Waals surface area (Å²) in [6.45, 7) is 4.94. The van der Waals surface area contributed by atoms with E-state index in [-0.39, 0.29) is 44.4 Å². The predicted molar refractivity (Wildman–Crippen MR) is 210 cm³/mol. The Morgan fingerprint density at radius 1 is 0.745 bits per heavy atom. The molecule has 0 bridgehead atoms. The van der Waals surface area contributed by atoms with Crippen molar-refractivity contribution >= 4 is 52.3 Å². The number of carbonyl (C=O) groups is 7. The van der Waals surface area contributed by atoms with Gasteiger partial charge in [-0.15, -0.1) is 0 Å². The molecule has 2 rings (SSSR count). The van der Waals surface area contributed by atoms with E-state index in [0.717, 1.165) is 11.1 Å². The second-order valence-electron chi connectivity index (χ2n) is 14.1. The van der Waals surface area contributed by atoms with Crippen molar-refractivity contribution in [3.05, 3.63) is 59.1 Å². The summed E-state index contributed by atoms with van der Waals surface area (Å²) in [7, 11) is 1.55. The number of hydrogen-bond donors (Lipinski definition) is 5. The zero-order chi connectivity index (χ0) is 41.1. The van der Waals surface area contributed by atoms with Crippen molar-refractivity contribution in [2.45, 2.75) is 96.7 Å². The lowest BCUT2D eigenvalue weighted by Crippen LogP contribution is -2.51. The maximum atomic E-state index is 13.4. The van der Waals surface area contributed by atoms with Crippen molar-refractivity contribution in [2.24, 2.45) is 29.2 Å². The number of Topliss-reactive ketones (excluding diaryl/α,β-unsaturated/α-hetero) is 5. The molecule has 55 heavy (non-hydrogen) atoms. The maximum absolute atomic E-state index is 13.4. The topological polar surface area (TPSA) is 225 Å². The first-order valence-corrected chi connectivity index (χ1v) is 19.2. The monoisotopic (exact) mass is 784 g/mol. The van der Waals surface area contributed by atoms with Crippen molar-refractivity contribution < 1.29 is 43.4 Å². The van der Waals surface area contributed by atoms with E-state index in [1.807, 2.05) is 12.1 Å². The van der Waals surface area contributed by atoms with Crippen LogP contribution < -0.4 is 22.1 Å². The summed E-state index contributed by atoms with van der Waals surface area (Å²) in [6.07, 6.45) is 0.297. The molecule has 2 amide bonds. The van der Waals surface area contributed by atoms with Gasteiger partial charge in [0, 0.05) is 68.4 Å². The van der Waals surface area contributed by atoms with E-state index >= 15 is 0 Å².